The van der Waals surface area contributed by atoms with Crippen molar-refractivity contribution in [3.8, 4) is 0 Å². The van der Waals surface area contributed by atoms with E-state index in [1.807, 2.05) is 0 Å². The predicted molar refractivity (Wildman–Crippen MR) is 52.9 cm³/mol. The van der Waals surface area contributed by atoms with Crippen LogP contribution in [0, 0.1) is 0 Å². The molecule has 0 amide bonds. The summed E-state index contributed by atoms with van der Waals surface area (Å²) in [6, 6.07) is 6.32. The average Bonchev–Trinajstić information content (AvgIpc) is 2.20. The van der Waals surface area contributed by atoms with Crippen molar-refractivity contribution in [1.82, 2.24) is 5.43 Å². The molecule has 0 saturated heterocycles. The first-order valence-corrected chi connectivity index (χ1v) is 3.91. The van der Waals surface area contributed by atoms with Crippen molar-refractivity contribution in [3.05, 3.63) is 41.6 Å². The number of aromatic carboxylic acids is 1. The molecule has 1 aromatic carbocycles. The van der Waals surface area contributed by atoms with Gasteiger partial charge in [-0.05, 0) is 12.1 Å². The molecule has 1 rings (SSSR count). The number of carboxylic acids is 1. The van der Waals surface area contributed by atoms with Gasteiger partial charge in [0.1, 0.15) is 0 Å². The van der Waals surface area contributed by atoms with E-state index in [9.17, 15) is 4.79 Å². The molecule has 0 bridgehead atoms. The fraction of sp³-hybridized carbons (Fsp3) is 0. The molecule has 0 spiro atoms. The highest BCUT2D eigenvalue weighted by molar-refractivity contribution is 5.88. The lowest BCUT2D eigenvalue weighted by Crippen LogP contribution is -2.21. The molecule has 0 aromatic heterocycles. The van der Waals surface area contributed by atoms with Crippen LogP contribution >= 0.6 is 0 Å². The highest BCUT2D eigenvalue weighted by Crippen LogP contribution is 2.11. The Hall–Kier alpha value is -2.01. The topological polar surface area (TPSA) is 101 Å². The SMILES string of the molecule is NC=C(NN)c1cccc(C(=O)O)c1. The van der Waals surface area contributed by atoms with Crippen LogP contribution in [0.5, 0.6) is 0 Å². The number of benzene rings is 1. The lowest BCUT2D eigenvalue weighted by atomic mass is 10.1. The molecule has 0 aliphatic heterocycles. The number of hydrogen-bond acceptors (Lipinski definition) is 4. The molecule has 6 N–H and O–H groups in total. The number of rotatable bonds is 3. The van der Waals surface area contributed by atoms with Crippen molar-refractivity contribution in [3.63, 3.8) is 0 Å². The van der Waals surface area contributed by atoms with Crippen LogP contribution in [0.4, 0.5) is 0 Å². The smallest absolute Gasteiger partial charge is 0.335 e. The number of hydrazine groups is 1. The van der Waals surface area contributed by atoms with Gasteiger partial charge in [0, 0.05) is 11.8 Å². The summed E-state index contributed by atoms with van der Waals surface area (Å²) in [6.07, 6.45) is 1.28. The fourth-order valence-electron chi connectivity index (χ4n) is 1.05. The summed E-state index contributed by atoms with van der Waals surface area (Å²) in [5.41, 5.74) is 8.97. The molecule has 0 radical (unpaired) electrons. The Morgan fingerprint density at radius 2 is 2.07 bits per heavy atom. The van der Waals surface area contributed by atoms with Crippen LogP contribution in [0.25, 0.3) is 5.70 Å². The maximum absolute atomic E-state index is 10.7. The summed E-state index contributed by atoms with van der Waals surface area (Å²) in [6.45, 7) is 0. The third-order valence-electron chi connectivity index (χ3n) is 1.74. The van der Waals surface area contributed by atoms with E-state index < -0.39 is 5.97 Å². The van der Waals surface area contributed by atoms with E-state index in [0.29, 0.717) is 11.3 Å². The summed E-state index contributed by atoms with van der Waals surface area (Å²) in [5.74, 6) is 4.21. The van der Waals surface area contributed by atoms with Crippen LogP contribution in [-0.2, 0) is 0 Å². The lowest BCUT2D eigenvalue weighted by molar-refractivity contribution is 0.0697. The minimum absolute atomic E-state index is 0.192. The normalized spacial score (nSPS) is 11.1. The van der Waals surface area contributed by atoms with Gasteiger partial charge in [0.25, 0.3) is 0 Å². The molecular weight excluding hydrogens is 182 g/mol. The molecule has 74 valence electrons. The van der Waals surface area contributed by atoms with Crippen molar-refractivity contribution < 1.29 is 9.90 Å². The number of carboxylic acid groups (broad SMARTS) is 1. The summed E-state index contributed by atoms with van der Waals surface area (Å²) >= 11 is 0. The summed E-state index contributed by atoms with van der Waals surface area (Å²) in [4.78, 5) is 10.7. The van der Waals surface area contributed by atoms with Gasteiger partial charge in [0.15, 0.2) is 0 Å². The maximum Gasteiger partial charge on any atom is 0.335 e. The molecule has 1 aromatic rings. The van der Waals surface area contributed by atoms with Crippen LogP contribution in [-0.4, -0.2) is 11.1 Å². The van der Waals surface area contributed by atoms with Gasteiger partial charge in [-0.1, -0.05) is 12.1 Å². The zero-order valence-corrected chi connectivity index (χ0v) is 7.40. The third kappa shape index (κ3) is 2.02. The van der Waals surface area contributed by atoms with Gasteiger partial charge in [-0.15, -0.1) is 0 Å². The largest absolute Gasteiger partial charge is 0.478 e. The predicted octanol–water partition coefficient (Wildman–Crippen LogP) is 0.105. The van der Waals surface area contributed by atoms with Gasteiger partial charge in [-0.2, -0.15) is 0 Å². The van der Waals surface area contributed by atoms with Crippen molar-refractivity contribution in [2.24, 2.45) is 11.6 Å². The molecule has 0 aliphatic rings. The number of hydrogen-bond donors (Lipinski definition) is 4. The molecule has 0 atom stereocenters. The molecule has 14 heavy (non-hydrogen) atoms. The summed E-state index contributed by atoms with van der Waals surface area (Å²) in [7, 11) is 0. The zero-order valence-electron chi connectivity index (χ0n) is 7.40. The van der Waals surface area contributed by atoms with E-state index in [-0.39, 0.29) is 5.56 Å². The van der Waals surface area contributed by atoms with Crippen molar-refractivity contribution >= 4 is 11.7 Å². The van der Waals surface area contributed by atoms with E-state index in [1.165, 1.54) is 18.3 Å². The molecule has 0 aliphatic carbocycles. The third-order valence-corrected chi connectivity index (χ3v) is 1.74. The highest BCUT2D eigenvalue weighted by Gasteiger charge is 2.04. The lowest BCUT2D eigenvalue weighted by Gasteiger charge is -2.05. The minimum atomic E-state index is -0.986. The Kier molecular flexibility index (Phi) is 3.09. The van der Waals surface area contributed by atoms with E-state index in [0.717, 1.165) is 0 Å². The number of nitrogens with one attached hydrogen (secondary N) is 1. The van der Waals surface area contributed by atoms with Crippen LogP contribution in [0.2, 0.25) is 0 Å². The first kappa shape index (κ1) is 10.1. The quantitative estimate of drug-likeness (QED) is 0.403. The molecule has 5 heteroatoms. The monoisotopic (exact) mass is 193 g/mol. The van der Waals surface area contributed by atoms with Gasteiger partial charge in [-0.3, -0.25) is 5.84 Å². The van der Waals surface area contributed by atoms with Crippen molar-refractivity contribution in [2.45, 2.75) is 0 Å². The summed E-state index contributed by atoms with van der Waals surface area (Å²) < 4.78 is 0. The second-order valence-electron chi connectivity index (χ2n) is 2.61. The Morgan fingerprint density at radius 1 is 1.43 bits per heavy atom. The van der Waals surface area contributed by atoms with Gasteiger partial charge in [0.2, 0.25) is 0 Å². The first-order valence-electron chi connectivity index (χ1n) is 3.91. The van der Waals surface area contributed by atoms with E-state index >= 15 is 0 Å². The first-order chi connectivity index (χ1) is 6.69. The minimum Gasteiger partial charge on any atom is -0.478 e. The van der Waals surface area contributed by atoms with Gasteiger partial charge in [0.05, 0.1) is 11.3 Å². The van der Waals surface area contributed by atoms with Crippen LogP contribution in [0.3, 0.4) is 0 Å². The van der Waals surface area contributed by atoms with Gasteiger partial charge >= 0.3 is 5.97 Å². The number of carbonyl (C=O) groups is 1. The zero-order chi connectivity index (χ0) is 10.6. The average molecular weight is 193 g/mol. The molecular formula is C9H11N3O2. The van der Waals surface area contributed by atoms with Crippen LogP contribution < -0.4 is 17.0 Å². The van der Waals surface area contributed by atoms with E-state index in [1.54, 1.807) is 12.1 Å². The molecule has 0 unspecified atom stereocenters. The Bertz CT molecular complexity index is 374. The van der Waals surface area contributed by atoms with Crippen LogP contribution in [0.1, 0.15) is 15.9 Å². The maximum atomic E-state index is 10.7. The Labute approximate surface area is 81.0 Å². The Balaban J connectivity index is 3.11. The van der Waals surface area contributed by atoms with Gasteiger partial charge < -0.3 is 16.3 Å². The highest BCUT2D eigenvalue weighted by atomic mass is 16.4. The fourth-order valence-corrected chi connectivity index (χ4v) is 1.05. The van der Waals surface area contributed by atoms with E-state index in [4.69, 9.17) is 16.7 Å². The Morgan fingerprint density at radius 3 is 2.57 bits per heavy atom. The van der Waals surface area contributed by atoms with Crippen molar-refractivity contribution in [2.75, 3.05) is 0 Å². The van der Waals surface area contributed by atoms with Crippen molar-refractivity contribution in [1.29, 1.82) is 0 Å². The second kappa shape index (κ2) is 4.29. The molecule has 0 saturated carbocycles. The van der Waals surface area contributed by atoms with Gasteiger partial charge in [-0.25, -0.2) is 4.79 Å². The number of nitrogens with two attached hydrogens (primary N) is 2. The summed E-state index contributed by atoms with van der Waals surface area (Å²) in [5, 5.41) is 8.73. The standard InChI is InChI=1S/C9H11N3O2/c10-5-8(12-11)6-2-1-3-7(4-6)9(13)14/h1-5,12H,10-11H2,(H,13,14). The molecule has 0 fully saturated rings. The van der Waals surface area contributed by atoms with Crippen LogP contribution in [0.15, 0.2) is 30.5 Å². The second-order valence-corrected chi connectivity index (χ2v) is 2.61. The molecule has 5 nitrogen and oxygen atoms in total. The van der Waals surface area contributed by atoms with E-state index in [2.05, 4.69) is 5.43 Å². The molecule has 0 heterocycles.